The normalized spacial score (nSPS) is 28.3. The van der Waals surface area contributed by atoms with E-state index in [2.05, 4.69) is 10.3 Å². The zero-order valence-electron chi connectivity index (χ0n) is 13.9. The quantitative estimate of drug-likeness (QED) is 0.873. The molecule has 2 aliphatic heterocycles. The first-order chi connectivity index (χ1) is 11.4. The Bertz CT molecular complexity index is 685. The van der Waals surface area contributed by atoms with Crippen LogP contribution in [0.4, 0.5) is 10.2 Å². The number of rotatable bonds is 5. The molecule has 1 aromatic heterocycles. The fourth-order valence-corrected chi connectivity index (χ4v) is 5.20. The number of anilines is 1. The molecule has 6 nitrogen and oxygen atoms in total. The van der Waals surface area contributed by atoms with E-state index < -0.39 is 21.4 Å². The van der Waals surface area contributed by atoms with Crippen molar-refractivity contribution < 1.29 is 17.5 Å². The molecule has 134 valence electrons. The van der Waals surface area contributed by atoms with Gasteiger partial charge in [-0.25, -0.2) is 17.8 Å². The van der Waals surface area contributed by atoms with Gasteiger partial charge in [-0.05, 0) is 31.4 Å². The van der Waals surface area contributed by atoms with E-state index in [-0.39, 0.29) is 17.6 Å². The predicted molar refractivity (Wildman–Crippen MR) is 89.8 cm³/mol. The summed E-state index contributed by atoms with van der Waals surface area (Å²) in [7, 11) is -3.22. The smallest absolute Gasteiger partial charge is 0.214 e. The number of nitrogens with zero attached hydrogens (tertiary/aromatic N) is 2. The van der Waals surface area contributed by atoms with Crippen molar-refractivity contribution in [3.05, 3.63) is 24.1 Å². The third kappa shape index (κ3) is 3.70. The molecule has 1 N–H and O–H groups in total. The minimum atomic E-state index is -3.22. The Hall–Kier alpha value is -1.25. The van der Waals surface area contributed by atoms with Crippen molar-refractivity contribution in [3.8, 4) is 0 Å². The maximum absolute atomic E-state index is 13.7. The summed E-state index contributed by atoms with van der Waals surface area (Å²) in [5, 5.41) is 3.08. The highest BCUT2D eigenvalue weighted by Crippen LogP contribution is 2.36. The molecule has 24 heavy (non-hydrogen) atoms. The number of hydrogen-bond acceptors (Lipinski definition) is 5. The zero-order chi connectivity index (χ0) is 17.2. The van der Waals surface area contributed by atoms with Crippen LogP contribution in [0.2, 0.25) is 0 Å². The van der Waals surface area contributed by atoms with Gasteiger partial charge in [0, 0.05) is 25.7 Å². The van der Waals surface area contributed by atoms with Crippen LogP contribution in [0.1, 0.15) is 32.6 Å². The van der Waals surface area contributed by atoms with Crippen molar-refractivity contribution in [2.75, 3.05) is 30.8 Å². The fraction of sp³-hybridized carbons (Fsp3) is 0.688. The van der Waals surface area contributed by atoms with Gasteiger partial charge in [0.25, 0.3) is 0 Å². The first-order valence-electron chi connectivity index (χ1n) is 8.43. The Kier molecular flexibility index (Phi) is 5.08. The number of sulfonamides is 1. The van der Waals surface area contributed by atoms with Crippen LogP contribution in [0.3, 0.4) is 0 Å². The van der Waals surface area contributed by atoms with Gasteiger partial charge in [-0.3, -0.25) is 0 Å². The van der Waals surface area contributed by atoms with Crippen molar-refractivity contribution in [2.24, 2.45) is 0 Å². The summed E-state index contributed by atoms with van der Waals surface area (Å²) in [6.45, 7) is 3.24. The molecule has 2 fully saturated rings. The number of halogens is 1. The average molecular weight is 357 g/mol. The largest absolute Gasteiger partial charge is 0.371 e. The Labute approximate surface area is 142 Å². The number of ether oxygens (including phenoxy) is 1. The number of nitrogens with one attached hydrogen (secondary N) is 1. The van der Waals surface area contributed by atoms with Crippen molar-refractivity contribution >= 4 is 15.8 Å². The van der Waals surface area contributed by atoms with Crippen LogP contribution in [0.15, 0.2) is 18.3 Å². The van der Waals surface area contributed by atoms with Crippen molar-refractivity contribution in [1.82, 2.24) is 9.29 Å². The second-order valence-corrected chi connectivity index (χ2v) is 8.71. The predicted octanol–water partition coefficient (Wildman–Crippen LogP) is 2.00. The molecule has 2 atom stereocenters. The first-order valence-corrected chi connectivity index (χ1v) is 10.0. The van der Waals surface area contributed by atoms with Gasteiger partial charge in [-0.15, -0.1) is 0 Å². The highest BCUT2D eigenvalue weighted by Gasteiger charge is 2.45. The Morgan fingerprint density at radius 2 is 2.38 bits per heavy atom. The van der Waals surface area contributed by atoms with E-state index in [1.165, 1.54) is 12.3 Å². The maximum Gasteiger partial charge on any atom is 0.214 e. The van der Waals surface area contributed by atoms with Gasteiger partial charge in [0.05, 0.1) is 24.0 Å². The lowest BCUT2D eigenvalue weighted by molar-refractivity contribution is -0.0329. The van der Waals surface area contributed by atoms with Gasteiger partial charge < -0.3 is 10.1 Å². The summed E-state index contributed by atoms with van der Waals surface area (Å²) >= 11 is 0. The summed E-state index contributed by atoms with van der Waals surface area (Å²) in [6.07, 6.45) is 4.41. The van der Waals surface area contributed by atoms with E-state index in [4.69, 9.17) is 4.74 Å². The molecule has 2 aliphatic rings. The van der Waals surface area contributed by atoms with Crippen LogP contribution in [-0.4, -0.2) is 54.8 Å². The molecule has 3 rings (SSSR count). The van der Waals surface area contributed by atoms with Crippen LogP contribution in [0.5, 0.6) is 0 Å². The lowest BCUT2D eigenvalue weighted by Gasteiger charge is -2.39. The minimum absolute atomic E-state index is 0.0665. The molecule has 1 aromatic rings. The van der Waals surface area contributed by atoms with Gasteiger partial charge in [0.15, 0.2) is 11.6 Å². The number of pyridine rings is 1. The number of hydrogen-bond donors (Lipinski definition) is 1. The molecular weight excluding hydrogens is 333 g/mol. The van der Waals surface area contributed by atoms with Crippen molar-refractivity contribution in [1.29, 1.82) is 0 Å². The summed E-state index contributed by atoms with van der Waals surface area (Å²) in [6, 6.07) is 2.84. The van der Waals surface area contributed by atoms with E-state index in [1.54, 1.807) is 10.4 Å². The van der Waals surface area contributed by atoms with E-state index in [1.807, 2.05) is 6.92 Å². The SMILES string of the molecule is CCCS(=O)(=O)N1CCCC2(CC(Nc3ncccc3F)CO2)C1. The van der Waals surface area contributed by atoms with E-state index in [0.29, 0.717) is 32.5 Å². The molecule has 0 saturated carbocycles. The number of piperidine rings is 1. The van der Waals surface area contributed by atoms with E-state index >= 15 is 0 Å². The maximum atomic E-state index is 13.7. The minimum Gasteiger partial charge on any atom is -0.371 e. The van der Waals surface area contributed by atoms with Gasteiger partial charge >= 0.3 is 0 Å². The topological polar surface area (TPSA) is 71.5 Å². The van der Waals surface area contributed by atoms with Crippen LogP contribution < -0.4 is 5.32 Å². The van der Waals surface area contributed by atoms with Crippen molar-refractivity contribution in [2.45, 2.75) is 44.2 Å². The molecule has 2 saturated heterocycles. The van der Waals surface area contributed by atoms with Crippen molar-refractivity contribution in [3.63, 3.8) is 0 Å². The fourth-order valence-electron chi connectivity index (χ4n) is 3.59. The molecule has 0 aliphatic carbocycles. The molecule has 0 amide bonds. The van der Waals surface area contributed by atoms with E-state index in [0.717, 1.165) is 12.8 Å². The van der Waals surface area contributed by atoms with Crippen LogP contribution in [0, 0.1) is 5.82 Å². The number of aromatic nitrogens is 1. The second-order valence-electron chi connectivity index (χ2n) is 6.63. The third-order valence-electron chi connectivity index (χ3n) is 4.67. The molecule has 8 heteroatoms. The standard InChI is InChI=1S/C16H24FN3O3S/c1-2-9-24(21,22)20-8-4-6-16(12-20)10-13(11-23-16)19-15-14(17)5-3-7-18-15/h3,5,7,13H,2,4,6,8-12H2,1H3,(H,18,19). The monoisotopic (exact) mass is 357 g/mol. The molecule has 1 spiro atoms. The van der Waals surface area contributed by atoms with Gasteiger partial charge in [0.1, 0.15) is 0 Å². The van der Waals surface area contributed by atoms with E-state index in [9.17, 15) is 12.8 Å². The first kappa shape index (κ1) is 17.6. The highest BCUT2D eigenvalue weighted by atomic mass is 32.2. The van der Waals surface area contributed by atoms with Crippen LogP contribution in [0.25, 0.3) is 0 Å². The lowest BCUT2D eigenvalue weighted by atomic mass is 9.90. The van der Waals surface area contributed by atoms with Crippen LogP contribution in [-0.2, 0) is 14.8 Å². The zero-order valence-corrected chi connectivity index (χ0v) is 14.7. The average Bonchev–Trinajstić information content (AvgIpc) is 2.92. The van der Waals surface area contributed by atoms with Gasteiger partial charge in [-0.2, -0.15) is 4.31 Å². The van der Waals surface area contributed by atoms with Gasteiger partial charge in [-0.1, -0.05) is 6.92 Å². The summed E-state index contributed by atoms with van der Waals surface area (Å²) < 4.78 is 46.0. The Morgan fingerprint density at radius 3 is 3.12 bits per heavy atom. The van der Waals surface area contributed by atoms with Gasteiger partial charge in [0.2, 0.25) is 10.0 Å². The Morgan fingerprint density at radius 1 is 1.54 bits per heavy atom. The molecule has 0 aromatic carbocycles. The molecular formula is C16H24FN3O3S. The third-order valence-corrected chi connectivity index (χ3v) is 6.69. The second kappa shape index (κ2) is 6.93. The lowest BCUT2D eigenvalue weighted by Crippen LogP contribution is -2.50. The Balaban J connectivity index is 1.66. The summed E-state index contributed by atoms with van der Waals surface area (Å²) in [5.74, 6) is -0.00662. The van der Waals surface area contributed by atoms with Crippen LogP contribution >= 0.6 is 0 Å². The molecule has 0 radical (unpaired) electrons. The summed E-state index contributed by atoms with van der Waals surface area (Å²) in [5.41, 5.74) is -0.470. The molecule has 2 unspecified atom stereocenters. The molecule has 0 bridgehead atoms. The summed E-state index contributed by atoms with van der Waals surface area (Å²) in [4.78, 5) is 4.01. The highest BCUT2D eigenvalue weighted by molar-refractivity contribution is 7.89. The molecule has 3 heterocycles.